The highest BCUT2D eigenvalue weighted by Gasteiger charge is 2.27. The first-order valence-electron chi connectivity index (χ1n) is 7.63. The summed E-state index contributed by atoms with van der Waals surface area (Å²) in [6.45, 7) is 4.21. The van der Waals surface area contributed by atoms with Crippen molar-refractivity contribution in [3.63, 3.8) is 0 Å². The van der Waals surface area contributed by atoms with E-state index in [-0.39, 0.29) is 5.60 Å². The topological polar surface area (TPSA) is 9.23 Å². The quantitative estimate of drug-likeness (QED) is 0.578. The third-order valence-corrected chi connectivity index (χ3v) is 4.09. The van der Waals surface area contributed by atoms with Crippen LogP contribution in [0.3, 0.4) is 0 Å². The first-order chi connectivity index (χ1) is 10.6. The Labute approximate surface area is 130 Å². The van der Waals surface area contributed by atoms with Crippen LogP contribution in [0.4, 0.5) is 0 Å². The van der Waals surface area contributed by atoms with Crippen LogP contribution >= 0.6 is 0 Å². The van der Waals surface area contributed by atoms with Gasteiger partial charge in [-0.3, -0.25) is 0 Å². The summed E-state index contributed by atoms with van der Waals surface area (Å²) in [5.41, 5.74) is 3.35. The predicted octanol–water partition coefficient (Wildman–Crippen LogP) is 5.44. The fourth-order valence-corrected chi connectivity index (χ4v) is 3.11. The molecule has 0 aliphatic carbocycles. The molecule has 0 spiro atoms. The molecular weight excluding hydrogens is 268 g/mol. The lowest BCUT2D eigenvalue weighted by atomic mass is 9.88. The molecule has 0 N–H and O–H groups in total. The third-order valence-electron chi connectivity index (χ3n) is 4.09. The van der Waals surface area contributed by atoms with E-state index in [0.29, 0.717) is 0 Å². The van der Waals surface area contributed by atoms with Crippen molar-refractivity contribution in [3.8, 4) is 5.75 Å². The summed E-state index contributed by atoms with van der Waals surface area (Å²) in [6, 6.07) is 23.4. The maximum Gasteiger partial charge on any atom is 0.129 e. The summed E-state index contributed by atoms with van der Waals surface area (Å²) >= 11 is 0. The number of rotatable bonds is 1. The Hall–Kier alpha value is -2.54. The van der Waals surface area contributed by atoms with E-state index < -0.39 is 0 Å². The van der Waals surface area contributed by atoms with Crippen molar-refractivity contribution in [1.29, 1.82) is 0 Å². The van der Waals surface area contributed by atoms with Crippen molar-refractivity contribution in [1.82, 2.24) is 0 Å². The molecule has 1 aliphatic rings. The standard InChI is InChI=1S/C21H18O/c1-21(2)14-19(15-8-4-3-5-9-15)18-12-16-10-6-7-11-17(16)13-20(18)22-21/h3-14H,1-2H3. The fraction of sp³-hybridized carbons (Fsp3) is 0.143. The highest BCUT2D eigenvalue weighted by atomic mass is 16.5. The van der Waals surface area contributed by atoms with Crippen molar-refractivity contribution in [3.05, 3.63) is 83.9 Å². The Morgan fingerprint density at radius 3 is 2.14 bits per heavy atom. The minimum absolute atomic E-state index is 0.305. The molecule has 0 bridgehead atoms. The van der Waals surface area contributed by atoms with Crippen LogP contribution in [0.25, 0.3) is 16.3 Å². The summed E-state index contributed by atoms with van der Waals surface area (Å²) in [7, 11) is 0. The second kappa shape index (κ2) is 4.74. The van der Waals surface area contributed by atoms with Gasteiger partial charge in [-0.05, 0) is 54.0 Å². The summed E-state index contributed by atoms with van der Waals surface area (Å²) in [6.07, 6.45) is 2.22. The van der Waals surface area contributed by atoms with Gasteiger partial charge in [0.15, 0.2) is 0 Å². The van der Waals surface area contributed by atoms with Gasteiger partial charge in [0.05, 0.1) is 0 Å². The van der Waals surface area contributed by atoms with Crippen molar-refractivity contribution >= 4 is 16.3 Å². The normalized spacial score (nSPS) is 15.8. The van der Waals surface area contributed by atoms with Crippen molar-refractivity contribution < 1.29 is 4.74 Å². The maximum absolute atomic E-state index is 6.20. The molecule has 0 atom stereocenters. The van der Waals surface area contributed by atoms with Crippen LogP contribution in [0.15, 0.2) is 72.8 Å². The molecule has 0 radical (unpaired) electrons. The van der Waals surface area contributed by atoms with Gasteiger partial charge in [0.2, 0.25) is 0 Å². The van der Waals surface area contributed by atoms with E-state index in [4.69, 9.17) is 4.74 Å². The van der Waals surface area contributed by atoms with Crippen molar-refractivity contribution in [2.45, 2.75) is 19.4 Å². The lowest BCUT2D eigenvalue weighted by Crippen LogP contribution is -2.29. The first-order valence-corrected chi connectivity index (χ1v) is 7.63. The summed E-state index contributed by atoms with van der Waals surface area (Å²) in [5.74, 6) is 0.963. The molecule has 0 aromatic heterocycles. The monoisotopic (exact) mass is 286 g/mol. The molecule has 1 nitrogen and oxygen atoms in total. The van der Waals surface area contributed by atoms with Gasteiger partial charge in [0.25, 0.3) is 0 Å². The zero-order chi connectivity index (χ0) is 15.2. The van der Waals surface area contributed by atoms with Gasteiger partial charge in [-0.2, -0.15) is 0 Å². The van der Waals surface area contributed by atoms with Crippen LogP contribution in [0, 0.1) is 0 Å². The average Bonchev–Trinajstić information content (AvgIpc) is 2.52. The van der Waals surface area contributed by atoms with Crippen LogP contribution in [0.1, 0.15) is 25.0 Å². The second-order valence-corrected chi connectivity index (χ2v) is 6.33. The molecule has 0 saturated heterocycles. The van der Waals surface area contributed by atoms with Crippen LogP contribution in [-0.4, -0.2) is 5.60 Å². The van der Waals surface area contributed by atoms with Gasteiger partial charge in [-0.25, -0.2) is 0 Å². The largest absolute Gasteiger partial charge is 0.483 e. The van der Waals surface area contributed by atoms with Gasteiger partial charge in [-0.1, -0.05) is 54.6 Å². The van der Waals surface area contributed by atoms with Crippen molar-refractivity contribution in [2.75, 3.05) is 0 Å². The second-order valence-electron chi connectivity index (χ2n) is 6.33. The molecule has 1 heteroatoms. The Kier molecular flexibility index (Phi) is 2.83. The van der Waals surface area contributed by atoms with Gasteiger partial charge in [-0.15, -0.1) is 0 Å². The first kappa shape index (κ1) is 13.1. The summed E-state index contributed by atoms with van der Waals surface area (Å²) in [5, 5.41) is 2.46. The Morgan fingerprint density at radius 1 is 0.773 bits per heavy atom. The molecule has 4 rings (SSSR count). The summed E-state index contributed by atoms with van der Waals surface area (Å²) < 4.78 is 6.20. The number of hydrogen-bond donors (Lipinski definition) is 0. The molecule has 0 saturated carbocycles. The van der Waals surface area contributed by atoms with E-state index >= 15 is 0 Å². The van der Waals surface area contributed by atoms with E-state index in [2.05, 4.69) is 86.7 Å². The van der Waals surface area contributed by atoms with E-state index in [0.717, 1.165) is 5.75 Å². The Bertz CT molecular complexity index is 873. The average molecular weight is 286 g/mol. The highest BCUT2D eigenvalue weighted by molar-refractivity contribution is 5.93. The Balaban J connectivity index is 1.99. The minimum atomic E-state index is -0.305. The Morgan fingerprint density at radius 2 is 1.41 bits per heavy atom. The molecule has 1 heterocycles. The van der Waals surface area contributed by atoms with Crippen LogP contribution in [0.2, 0.25) is 0 Å². The van der Waals surface area contributed by atoms with Crippen LogP contribution in [0.5, 0.6) is 5.75 Å². The lowest BCUT2D eigenvalue weighted by Gasteiger charge is -2.31. The zero-order valence-electron chi connectivity index (χ0n) is 12.8. The molecule has 0 amide bonds. The SMILES string of the molecule is CC1(C)C=C(c2ccccc2)c2cc3ccccc3cc2O1. The van der Waals surface area contributed by atoms with Gasteiger partial charge in [0, 0.05) is 5.56 Å². The number of fused-ring (bicyclic) bond motifs is 2. The van der Waals surface area contributed by atoms with E-state index in [1.165, 1.54) is 27.5 Å². The number of ether oxygens (including phenoxy) is 1. The van der Waals surface area contributed by atoms with Gasteiger partial charge < -0.3 is 4.74 Å². The van der Waals surface area contributed by atoms with E-state index in [1.54, 1.807) is 0 Å². The molecule has 3 aromatic carbocycles. The van der Waals surface area contributed by atoms with Crippen molar-refractivity contribution in [2.24, 2.45) is 0 Å². The molecular formula is C21H18O. The third kappa shape index (κ3) is 2.19. The lowest BCUT2D eigenvalue weighted by molar-refractivity contribution is 0.158. The smallest absolute Gasteiger partial charge is 0.129 e. The molecule has 1 aliphatic heterocycles. The molecule has 0 fully saturated rings. The minimum Gasteiger partial charge on any atom is -0.483 e. The number of hydrogen-bond acceptors (Lipinski definition) is 1. The zero-order valence-corrected chi connectivity index (χ0v) is 12.8. The maximum atomic E-state index is 6.20. The number of benzene rings is 3. The molecule has 0 unspecified atom stereocenters. The fourth-order valence-electron chi connectivity index (χ4n) is 3.11. The molecule has 22 heavy (non-hydrogen) atoms. The van der Waals surface area contributed by atoms with Gasteiger partial charge >= 0.3 is 0 Å². The van der Waals surface area contributed by atoms with E-state index in [1.807, 2.05) is 0 Å². The molecule has 3 aromatic rings. The van der Waals surface area contributed by atoms with Crippen LogP contribution in [-0.2, 0) is 0 Å². The summed E-state index contributed by atoms with van der Waals surface area (Å²) in [4.78, 5) is 0. The van der Waals surface area contributed by atoms with Crippen LogP contribution < -0.4 is 4.74 Å². The van der Waals surface area contributed by atoms with Gasteiger partial charge in [0.1, 0.15) is 11.4 Å². The predicted molar refractivity (Wildman–Crippen MR) is 92.2 cm³/mol. The molecule has 108 valence electrons. The van der Waals surface area contributed by atoms with E-state index in [9.17, 15) is 0 Å². The highest BCUT2D eigenvalue weighted by Crippen LogP contribution is 2.41.